The first-order chi connectivity index (χ1) is 7.82. The fourth-order valence-electron chi connectivity index (χ4n) is 1.39. The normalized spacial score (nSPS) is 11.0. The Bertz CT molecular complexity index is 477. The molecule has 0 atom stereocenters. The maximum absolute atomic E-state index is 11.6. The second-order valence-electron chi connectivity index (χ2n) is 4.52. The largest absolute Gasteiger partial charge is 0.461 e. The van der Waals surface area contributed by atoms with Crippen molar-refractivity contribution in [1.82, 2.24) is 9.78 Å². The molecule has 2 N–H and O–H groups in total. The third-order valence-corrected chi connectivity index (χ3v) is 2.14. The van der Waals surface area contributed by atoms with Gasteiger partial charge in [-0.2, -0.15) is 10.4 Å². The highest BCUT2D eigenvalue weighted by Crippen LogP contribution is 2.24. The third kappa shape index (κ3) is 2.38. The van der Waals surface area contributed by atoms with Gasteiger partial charge in [0.05, 0.1) is 12.1 Å². The van der Waals surface area contributed by atoms with Crippen LogP contribution in [0.5, 0.6) is 0 Å². The standard InChI is InChI=1S/C11H16N4O2/c1-5-17-10(16)8-7(6-12)9(13)15(14-8)11(2,3)4/h5,13H2,1-4H3. The van der Waals surface area contributed by atoms with Crippen molar-refractivity contribution in [3.63, 3.8) is 0 Å². The molecule has 0 unspecified atom stereocenters. The molecule has 0 radical (unpaired) electrons. The maximum atomic E-state index is 11.6. The van der Waals surface area contributed by atoms with E-state index in [0.29, 0.717) is 0 Å². The molecule has 17 heavy (non-hydrogen) atoms. The Balaban J connectivity index is 3.34. The van der Waals surface area contributed by atoms with E-state index in [1.807, 2.05) is 26.8 Å². The first-order valence-electron chi connectivity index (χ1n) is 5.29. The lowest BCUT2D eigenvalue weighted by atomic mass is 10.1. The van der Waals surface area contributed by atoms with Crippen LogP contribution >= 0.6 is 0 Å². The number of carbonyl (C=O) groups excluding carboxylic acids is 1. The molecule has 92 valence electrons. The van der Waals surface area contributed by atoms with Crippen molar-refractivity contribution < 1.29 is 9.53 Å². The minimum atomic E-state index is -0.626. The number of rotatable bonds is 2. The highest BCUT2D eigenvalue weighted by Gasteiger charge is 2.27. The van der Waals surface area contributed by atoms with Gasteiger partial charge in [0.25, 0.3) is 0 Å². The predicted octanol–water partition coefficient (Wildman–Crippen LogP) is 1.27. The van der Waals surface area contributed by atoms with E-state index >= 15 is 0 Å². The van der Waals surface area contributed by atoms with Crippen molar-refractivity contribution >= 4 is 11.8 Å². The van der Waals surface area contributed by atoms with Crippen LogP contribution in [0.1, 0.15) is 43.7 Å². The summed E-state index contributed by atoms with van der Waals surface area (Å²) in [5, 5.41) is 13.1. The predicted molar refractivity (Wildman–Crippen MR) is 62.3 cm³/mol. The summed E-state index contributed by atoms with van der Waals surface area (Å²) in [6.07, 6.45) is 0. The lowest BCUT2D eigenvalue weighted by Gasteiger charge is -2.20. The topological polar surface area (TPSA) is 93.9 Å². The summed E-state index contributed by atoms with van der Waals surface area (Å²) in [4.78, 5) is 11.6. The minimum absolute atomic E-state index is 0.0261. The van der Waals surface area contributed by atoms with Crippen LogP contribution in [0.2, 0.25) is 0 Å². The van der Waals surface area contributed by atoms with Crippen LogP contribution in [-0.4, -0.2) is 22.4 Å². The van der Waals surface area contributed by atoms with Gasteiger partial charge in [0.15, 0.2) is 5.69 Å². The minimum Gasteiger partial charge on any atom is -0.461 e. The molecule has 1 aromatic rings. The molecule has 0 fully saturated rings. The number of hydrogen-bond acceptors (Lipinski definition) is 5. The second kappa shape index (κ2) is 4.45. The number of nitriles is 1. The molecule has 0 aliphatic heterocycles. The molecular formula is C11H16N4O2. The zero-order chi connectivity index (χ0) is 13.2. The molecule has 0 saturated carbocycles. The van der Waals surface area contributed by atoms with Crippen LogP contribution in [0.25, 0.3) is 0 Å². The van der Waals surface area contributed by atoms with Crippen molar-refractivity contribution in [3.8, 4) is 6.07 Å². The molecule has 0 spiro atoms. The van der Waals surface area contributed by atoms with Gasteiger partial charge in [-0.3, -0.25) is 0 Å². The Hall–Kier alpha value is -2.03. The molecular weight excluding hydrogens is 220 g/mol. The molecule has 1 rings (SSSR count). The van der Waals surface area contributed by atoms with Crippen molar-refractivity contribution in [2.24, 2.45) is 0 Å². The molecule has 6 heteroatoms. The summed E-state index contributed by atoms with van der Waals surface area (Å²) in [6, 6.07) is 1.89. The molecule has 0 aliphatic carbocycles. The Kier molecular flexibility index (Phi) is 3.42. The van der Waals surface area contributed by atoms with Crippen molar-refractivity contribution in [2.45, 2.75) is 33.2 Å². The molecule has 0 aliphatic rings. The number of nitrogen functional groups attached to an aromatic ring is 1. The first-order valence-corrected chi connectivity index (χ1v) is 5.29. The average molecular weight is 236 g/mol. The van der Waals surface area contributed by atoms with E-state index in [4.69, 9.17) is 15.7 Å². The van der Waals surface area contributed by atoms with E-state index in [0.717, 1.165) is 0 Å². The van der Waals surface area contributed by atoms with Gasteiger partial charge in [0, 0.05) is 0 Å². The molecule has 1 aromatic heterocycles. The van der Waals surface area contributed by atoms with Crippen molar-refractivity contribution in [2.75, 3.05) is 12.3 Å². The second-order valence-corrected chi connectivity index (χ2v) is 4.52. The SMILES string of the molecule is CCOC(=O)c1nn(C(C)(C)C)c(N)c1C#N. The highest BCUT2D eigenvalue weighted by molar-refractivity contribution is 5.91. The molecule has 1 heterocycles. The number of ether oxygens (including phenoxy) is 1. The molecule has 6 nitrogen and oxygen atoms in total. The fraction of sp³-hybridized carbons (Fsp3) is 0.545. The smallest absolute Gasteiger partial charge is 0.360 e. The number of aromatic nitrogens is 2. The van der Waals surface area contributed by atoms with Gasteiger partial charge < -0.3 is 10.5 Å². The Morgan fingerprint density at radius 3 is 2.59 bits per heavy atom. The molecule has 0 aromatic carbocycles. The van der Waals surface area contributed by atoms with Gasteiger partial charge >= 0.3 is 5.97 Å². The Labute approximate surface area is 100.0 Å². The van der Waals surface area contributed by atoms with Crippen molar-refractivity contribution in [1.29, 1.82) is 5.26 Å². The van der Waals surface area contributed by atoms with Crippen LogP contribution in [0.15, 0.2) is 0 Å². The van der Waals surface area contributed by atoms with Crippen LogP contribution in [0, 0.1) is 11.3 Å². The maximum Gasteiger partial charge on any atom is 0.360 e. The summed E-state index contributed by atoms with van der Waals surface area (Å²) < 4.78 is 6.29. The van der Waals surface area contributed by atoms with Gasteiger partial charge in [0.2, 0.25) is 0 Å². The monoisotopic (exact) mass is 236 g/mol. The van der Waals surface area contributed by atoms with Gasteiger partial charge in [-0.1, -0.05) is 0 Å². The Morgan fingerprint density at radius 1 is 1.59 bits per heavy atom. The first kappa shape index (κ1) is 13.0. The van der Waals surface area contributed by atoms with Gasteiger partial charge in [-0.15, -0.1) is 0 Å². The quantitative estimate of drug-likeness (QED) is 0.780. The summed E-state index contributed by atoms with van der Waals surface area (Å²) in [5.41, 5.74) is 5.44. The number of nitrogens with zero attached hydrogens (tertiary/aromatic N) is 3. The van der Waals surface area contributed by atoms with E-state index in [-0.39, 0.29) is 23.7 Å². The van der Waals surface area contributed by atoms with E-state index in [2.05, 4.69) is 5.10 Å². The van der Waals surface area contributed by atoms with Crippen LogP contribution in [0.3, 0.4) is 0 Å². The number of esters is 1. The van der Waals surface area contributed by atoms with E-state index in [1.165, 1.54) is 4.68 Å². The zero-order valence-corrected chi connectivity index (χ0v) is 10.4. The number of anilines is 1. The van der Waals surface area contributed by atoms with E-state index in [9.17, 15) is 4.79 Å². The van der Waals surface area contributed by atoms with Gasteiger partial charge in [0.1, 0.15) is 17.5 Å². The molecule has 0 saturated heterocycles. The number of hydrogen-bond donors (Lipinski definition) is 1. The van der Waals surface area contributed by atoms with Gasteiger partial charge in [-0.25, -0.2) is 9.48 Å². The number of nitrogens with two attached hydrogens (primary N) is 1. The zero-order valence-electron chi connectivity index (χ0n) is 10.4. The summed E-state index contributed by atoms with van der Waals surface area (Å²) >= 11 is 0. The van der Waals surface area contributed by atoms with Crippen LogP contribution in [-0.2, 0) is 10.3 Å². The summed E-state index contributed by atoms with van der Waals surface area (Å²) in [7, 11) is 0. The number of carbonyl (C=O) groups is 1. The van der Waals surface area contributed by atoms with Crippen molar-refractivity contribution in [3.05, 3.63) is 11.3 Å². The molecule has 0 bridgehead atoms. The average Bonchev–Trinajstić information content (AvgIpc) is 2.55. The molecule has 0 amide bonds. The van der Waals surface area contributed by atoms with Crippen LogP contribution < -0.4 is 5.73 Å². The van der Waals surface area contributed by atoms with Gasteiger partial charge in [-0.05, 0) is 27.7 Å². The summed E-state index contributed by atoms with van der Waals surface area (Å²) in [5.74, 6) is -0.443. The summed E-state index contributed by atoms with van der Waals surface area (Å²) in [6.45, 7) is 7.56. The van der Waals surface area contributed by atoms with Crippen LogP contribution in [0.4, 0.5) is 5.82 Å². The lowest BCUT2D eigenvalue weighted by Crippen LogP contribution is -2.25. The lowest BCUT2D eigenvalue weighted by molar-refractivity contribution is 0.0517. The third-order valence-electron chi connectivity index (χ3n) is 2.14. The van der Waals surface area contributed by atoms with E-state index in [1.54, 1.807) is 6.92 Å². The van der Waals surface area contributed by atoms with E-state index < -0.39 is 11.5 Å². The Morgan fingerprint density at radius 2 is 2.18 bits per heavy atom. The highest BCUT2D eigenvalue weighted by atomic mass is 16.5. The fourth-order valence-corrected chi connectivity index (χ4v) is 1.39.